The molecule has 3 heteroatoms. The topological polar surface area (TPSA) is 57.5 Å². The maximum absolute atomic E-state index is 12.4. The SMILES string of the molecule is [2H]c1ccc(C(=O)c2cccc(CO)c2CO)cc1. The van der Waals surface area contributed by atoms with Crippen molar-refractivity contribution in [1.29, 1.82) is 0 Å². The minimum atomic E-state index is -0.297. The summed E-state index contributed by atoms with van der Waals surface area (Å²) >= 11 is 0. The van der Waals surface area contributed by atoms with Crippen LogP contribution < -0.4 is 0 Å². The van der Waals surface area contributed by atoms with Gasteiger partial charge in [0.25, 0.3) is 0 Å². The maximum Gasteiger partial charge on any atom is 0.193 e. The lowest BCUT2D eigenvalue weighted by atomic mass is 9.95. The van der Waals surface area contributed by atoms with Crippen molar-refractivity contribution in [2.75, 3.05) is 0 Å². The summed E-state index contributed by atoms with van der Waals surface area (Å²) in [6, 6.07) is 11.6. The molecule has 0 saturated heterocycles. The Morgan fingerprint density at radius 3 is 2.39 bits per heavy atom. The van der Waals surface area contributed by atoms with Crippen molar-refractivity contribution < 1.29 is 16.4 Å². The highest BCUT2D eigenvalue weighted by Gasteiger charge is 2.15. The number of rotatable bonds is 4. The Morgan fingerprint density at radius 1 is 1.06 bits per heavy atom. The summed E-state index contributed by atoms with van der Waals surface area (Å²) in [5.74, 6) is -0.223. The highest BCUT2D eigenvalue weighted by molar-refractivity contribution is 6.10. The van der Waals surface area contributed by atoms with Crippen LogP contribution in [0.15, 0.2) is 48.5 Å². The van der Waals surface area contributed by atoms with Crippen LogP contribution in [0.4, 0.5) is 0 Å². The van der Waals surface area contributed by atoms with Gasteiger partial charge in [-0.1, -0.05) is 48.5 Å². The molecule has 0 amide bonds. The van der Waals surface area contributed by atoms with E-state index in [1.807, 2.05) is 0 Å². The van der Waals surface area contributed by atoms with Crippen molar-refractivity contribution in [2.24, 2.45) is 0 Å². The van der Waals surface area contributed by atoms with Gasteiger partial charge in [-0.05, 0) is 11.1 Å². The Balaban J connectivity index is 2.46. The molecule has 0 radical (unpaired) electrons. The molecule has 0 heterocycles. The minimum Gasteiger partial charge on any atom is -0.392 e. The van der Waals surface area contributed by atoms with E-state index in [1.54, 1.807) is 42.5 Å². The van der Waals surface area contributed by atoms with Gasteiger partial charge >= 0.3 is 0 Å². The van der Waals surface area contributed by atoms with Crippen LogP contribution in [0.3, 0.4) is 0 Å². The second kappa shape index (κ2) is 5.58. The Morgan fingerprint density at radius 2 is 1.78 bits per heavy atom. The Bertz CT molecular complexity index is 591. The highest BCUT2D eigenvalue weighted by atomic mass is 16.3. The largest absolute Gasteiger partial charge is 0.392 e. The zero-order valence-corrected chi connectivity index (χ0v) is 9.76. The molecule has 0 aliphatic carbocycles. The standard InChI is InChI=1S/C15H14O3/c16-9-12-7-4-8-13(14(12)10-17)15(18)11-5-2-1-3-6-11/h1-8,16-17H,9-10H2/i1D. The van der Waals surface area contributed by atoms with Crippen molar-refractivity contribution >= 4 is 5.78 Å². The molecule has 18 heavy (non-hydrogen) atoms. The summed E-state index contributed by atoms with van der Waals surface area (Å²) in [7, 11) is 0. The van der Waals surface area contributed by atoms with Crippen molar-refractivity contribution in [1.82, 2.24) is 0 Å². The summed E-state index contributed by atoms with van der Waals surface area (Å²) in [6.07, 6.45) is 0. The van der Waals surface area contributed by atoms with E-state index in [2.05, 4.69) is 0 Å². The first-order valence-corrected chi connectivity index (χ1v) is 5.61. The predicted octanol–water partition coefficient (Wildman–Crippen LogP) is 1.90. The number of benzene rings is 2. The zero-order valence-electron chi connectivity index (χ0n) is 10.8. The quantitative estimate of drug-likeness (QED) is 0.806. The van der Waals surface area contributed by atoms with Crippen LogP contribution in [0, 0.1) is 0 Å². The van der Waals surface area contributed by atoms with E-state index < -0.39 is 0 Å². The molecule has 0 bridgehead atoms. The first-order valence-electron chi connectivity index (χ1n) is 6.11. The monoisotopic (exact) mass is 243 g/mol. The van der Waals surface area contributed by atoms with E-state index in [0.29, 0.717) is 28.3 Å². The van der Waals surface area contributed by atoms with Crippen LogP contribution in [0.2, 0.25) is 0 Å². The van der Waals surface area contributed by atoms with Crippen LogP contribution in [-0.2, 0) is 13.2 Å². The Kier molecular flexibility index (Phi) is 3.45. The lowest BCUT2D eigenvalue weighted by Gasteiger charge is -2.10. The Hall–Kier alpha value is -1.97. The average Bonchev–Trinajstić information content (AvgIpc) is 2.46. The fourth-order valence-corrected chi connectivity index (χ4v) is 1.88. The molecule has 92 valence electrons. The van der Waals surface area contributed by atoms with Crippen LogP contribution in [-0.4, -0.2) is 16.0 Å². The highest BCUT2D eigenvalue weighted by Crippen LogP contribution is 2.19. The number of carbonyl (C=O) groups excluding carboxylic acids is 1. The number of carbonyl (C=O) groups is 1. The van der Waals surface area contributed by atoms with Gasteiger partial charge in [0.2, 0.25) is 0 Å². The molecular formula is C15H14O3. The van der Waals surface area contributed by atoms with Gasteiger partial charge in [-0.25, -0.2) is 0 Å². The second-order valence-electron chi connectivity index (χ2n) is 3.88. The molecule has 0 aromatic heterocycles. The van der Waals surface area contributed by atoms with Gasteiger partial charge < -0.3 is 10.2 Å². The third kappa shape index (κ3) is 2.32. The molecule has 2 N–H and O–H groups in total. The molecule has 0 saturated carbocycles. The molecule has 0 spiro atoms. The van der Waals surface area contributed by atoms with Gasteiger partial charge in [0.05, 0.1) is 14.6 Å². The minimum absolute atomic E-state index is 0.220. The normalized spacial score (nSPS) is 11.1. The second-order valence-corrected chi connectivity index (χ2v) is 3.88. The molecule has 3 nitrogen and oxygen atoms in total. The van der Waals surface area contributed by atoms with Gasteiger partial charge in [0.15, 0.2) is 5.78 Å². The smallest absolute Gasteiger partial charge is 0.193 e. The fraction of sp³-hybridized carbons (Fsp3) is 0.133. The van der Waals surface area contributed by atoms with E-state index in [4.69, 9.17) is 1.37 Å². The molecule has 0 aliphatic rings. The molecule has 0 atom stereocenters. The first-order chi connectivity index (χ1) is 9.17. The van der Waals surface area contributed by atoms with E-state index in [9.17, 15) is 15.0 Å². The van der Waals surface area contributed by atoms with E-state index in [1.165, 1.54) is 0 Å². The molecule has 2 aromatic rings. The van der Waals surface area contributed by atoms with E-state index >= 15 is 0 Å². The van der Waals surface area contributed by atoms with Gasteiger partial charge in [-0.3, -0.25) is 4.79 Å². The number of hydrogen-bond donors (Lipinski definition) is 2. The summed E-state index contributed by atoms with van der Waals surface area (Å²) in [5.41, 5.74) is 1.84. The molecule has 2 rings (SSSR count). The molecular weight excluding hydrogens is 228 g/mol. The molecule has 0 aliphatic heterocycles. The lowest BCUT2D eigenvalue weighted by molar-refractivity contribution is 0.103. The summed E-state index contributed by atoms with van der Waals surface area (Å²) < 4.78 is 7.40. The number of aliphatic hydroxyl groups is 2. The molecule has 0 unspecified atom stereocenters. The summed E-state index contributed by atoms with van der Waals surface area (Å²) in [5, 5.41) is 18.6. The fourth-order valence-electron chi connectivity index (χ4n) is 1.88. The number of aliphatic hydroxyl groups excluding tert-OH is 2. The average molecular weight is 243 g/mol. The third-order valence-electron chi connectivity index (χ3n) is 2.83. The van der Waals surface area contributed by atoms with Gasteiger partial charge in [0.1, 0.15) is 0 Å². The van der Waals surface area contributed by atoms with Crippen LogP contribution in [0.5, 0.6) is 0 Å². The first kappa shape index (κ1) is 11.1. The summed E-state index contributed by atoms with van der Waals surface area (Å²) in [4.78, 5) is 12.4. The summed E-state index contributed by atoms with van der Waals surface area (Å²) in [6.45, 7) is -0.517. The van der Waals surface area contributed by atoms with Crippen LogP contribution in [0.1, 0.15) is 28.4 Å². The maximum atomic E-state index is 12.4. The van der Waals surface area contributed by atoms with Gasteiger partial charge in [0, 0.05) is 11.1 Å². The van der Waals surface area contributed by atoms with Gasteiger partial charge in [-0.15, -0.1) is 0 Å². The van der Waals surface area contributed by atoms with Crippen molar-refractivity contribution in [2.45, 2.75) is 13.2 Å². The molecule has 2 aromatic carbocycles. The van der Waals surface area contributed by atoms with Crippen molar-refractivity contribution in [3.63, 3.8) is 0 Å². The van der Waals surface area contributed by atoms with Crippen LogP contribution in [0.25, 0.3) is 0 Å². The molecule has 0 fully saturated rings. The number of hydrogen-bond acceptors (Lipinski definition) is 3. The predicted molar refractivity (Wildman–Crippen MR) is 68.2 cm³/mol. The zero-order chi connectivity index (χ0) is 13.8. The lowest BCUT2D eigenvalue weighted by Crippen LogP contribution is -2.08. The number of ketones is 1. The third-order valence-corrected chi connectivity index (χ3v) is 2.83. The van der Waals surface area contributed by atoms with E-state index in [0.717, 1.165) is 0 Å². The van der Waals surface area contributed by atoms with Crippen LogP contribution >= 0.6 is 0 Å². The Labute approximate surface area is 107 Å². The van der Waals surface area contributed by atoms with E-state index in [-0.39, 0.29) is 19.0 Å². The van der Waals surface area contributed by atoms with Crippen molar-refractivity contribution in [3.05, 3.63) is 70.8 Å². The van der Waals surface area contributed by atoms with Crippen molar-refractivity contribution in [3.8, 4) is 0 Å². The van der Waals surface area contributed by atoms with Gasteiger partial charge in [-0.2, -0.15) is 0 Å².